The minimum atomic E-state index is 0.828. The van der Waals surface area contributed by atoms with Crippen LogP contribution in [0.3, 0.4) is 0 Å². The Balaban J connectivity index is 1.18. The molecule has 0 atom stereocenters. The monoisotopic (exact) mass is 501 g/mol. The Kier molecular flexibility index (Phi) is 7.55. The van der Waals surface area contributed by atoms with E-state index in [0.717, 1.165) is 59.9 Å². The average Bonchev–Trinajstić information content (AvgIpc) is 3.32. The number of fused-ring (bicyclic) bond motifs is 1. The lowest BCUT2D eigenvalue weighted by molar-refractivity contribution is 0.406. The molecule has 0 saturated carbocycles. The summed E-state index contributed by atoms with van der Waals surface area (Å²) in [6.45, 7) is 10.3. The maximum absolute atomic E-state index is 4.91. The summed E-state index contributed by atoms with van der Waals surface area (Å²) < 4.78 is 1.90. The van der Waals surface area contributed by atoms with Crippen LogP contribution < -0.4 is 5.32 Å². The fraction of sp³-hybridized carbons (Fsp3) is 0.212. The molecule has 5 rings (SSSR count). The first-order valence-corrected chi connectivity index (χ1v) is 13.2. The van der Waals surface area contributed by atoms with E-state index >= 15 is 0 Å². The number of likely N-dealkylation sites (N-methyl/N-ethyl adjacent to an activating group) is 1. The SMILES string of the molecule is C=C(Cc1ccc(-c2ccccc2)cc1)N(C)CCCNc1cc(-c2ccccc2C)nc2c(C)cnn12. The number of hydrogen-bond acceptors (Lipinski definition) is 4. The maximum atomic E-state index is 4.91. The molecule has 1 N–H and O–H groups in total. The fourth-order valence-corrected chi connectivity index (χ4v) is 4.70. The highest BCUT2D eigenvalue weighted by Crippen LogP contribution is 2.26. The van der Waals surface area contributed by atoms with Gasteiger partial charge in [-0.3, -0.25) is 0 Å². The molecular formula is C33H35N5. The lowest BCUT2D eigenvalue weighted by Crippen LogP contribution is -2.22. The molecule has 5 heteroatoms. The molecule has 3 aromatic carbocycles. The molecular weight excluding hydrogens is 466 g/mol. The first-order valence-electron chi connectivity index (χ1n) is 13.2. The van der Waals surface area contributed by atoms with Gasteiger partial charge in [0.1, 0.15) is 5.82 Å². The Hall–Kier alpha value is -4.38. The summed E-state index contributed by atoms with van der Waals surface area (Å²) in [5.74, 6) is 0.960. The number of rotatable bonds is 10. The van der Waals surface area contributed by atoms with Crippen molar-refractivity contribution < 1.29 is 0 Å². The van der Waals surface area contributed by atoms with E-state index < -0.39 is 0 Å². The van der Waals surface area contributed by atoms with Gasteiger partial charge in [-0.15, -0.1) is 0 Å². The van der Waals surface area contributed by atoms with E-state index in [2.05, 4.69) is 122 Å². The van der Waals surface area contributed by atoms with E-state index in [1.54, 1.807) is 0 Å². The number of nitrogens with zero attached hydrogens (tertiary/aromatic N) is 4. The van der Waals surface area contributed by atoms with Crippen molar-refractivity contribution >= 4 is 11.5 Å². The van der Waals surface area contributed by atoms with Gasteiger partial charge >= 0.3 is 0 Å². The molecule has 2 heterocycles. The topological polar surface area (TPSA) is 45.5 Å². The van der Waals surface area contributed by atoms with Crippen LogP contribution in [-0.2, 0) is 6.42 Å². The predicted molar refractivity (Wildman–Crippen MR) is 158 cm³/mol. The normalized spacial score (nSPS) is 11.0. The van der Waals surface area contributed by atoms with Crippen LogP contribution in [0.1, 0.15) is 23.1 Å². The van der Waals surface area contributed by atoms with Crippen molar-refractivity contribution in [1.82, 2.24) is 19.5 Å². The molecule has 5 nitrogen and oxygen atoms in total. The number of benzene rings is 3. The van der Waals surface area contributed by atoms with Gasteiger partial charge < -0.3 is 10.2 Å². The molecule has 0 fully saturated rings. The molecule has 5 aromatic rings. The zero-order chi connectivity index (χ0) is 26.5. The fourth-order valence-electron chi connectivity index (χ4n) is 4.70. The number of aryl methyl sites for hydroxylation is 2. The number of nitrogens with one attached hydrogen (secondary N) is 1. The van der Waals surface area contributed by atoms with Crippen molar-refractivity contribution in [3.05, 3.63) is 120 Å². The number of allylic oxidation sites excluding steroid dienone is 1. The lowest BCUT2D eigenvalue weighted by Gasteiger charge is -2.22. The highest BCUT2D eigenvalue weighted by molar-refractivity contribution is 5.70. The molecule has 2 aromatic heterocycles. The Morgan fingerprint density at radius 3 is 2.37 bits per heavy atom. The third kappa shape index (κ3) is 5.62. The van der Waals surface area contributed by atoms with Crippen LogP contribution in [-0.4, -0.2) is 39.6 Å². The van der Waals surface area contributed by atoms with Crippen molar-refractivity contribution in [2.75, 3.05) is 25.5 Å². The third-order valence-corrected chi connectivity index (χ3v) is 7.05. The van der Waals surface area contributed by atoms with Gasteiger partial charge in [-0.2, -0.15) is 9.61 Å². The van der Waals surface area contributed by atoms with Crippen molar-refractivity contribution in [2.24, 2.45) is 0 Å². The number of aromatic nitrogens is 3. The van der Waals surface area contributed by atoms with Gasteiger partial charge in [0.2, 0.25) is 0 Å². The molecule has 0 radical (unpaired) electrons. The van der Waals surface area contributed by atoms with Crippen LogP contribution >= 0.6 is 0 Å². The van der Waals surface area contributed by atoms with Crippen LogP contribution in [0.2, 0.25) is 0 Å². The maximum Gasteiger partial charge on any atom is 0.160 e. The summed E-state index contributed by atoms with van der Waals surface area (Å²) in [6, 6.07) is 29.7. The standard InChI is InChI=1S/C33H35N5/c1-24-11-8-9-14-30(24)31-22-32(38-33(36-31)25(2)23-35-38)34-19-10-20-37(4)26(3)21-27-15-17-29(18-16-27)28-12-6-5-7-13-28/h5-9,11-18,22-23,34H,3,10,19-21H2,1-2,4H3. The highest BCUT2D eigenvalue weighted by Gasteiger charge is 2.12. The smallest absolute Gasteiger partial charge is 0.160 e. The largest absolute Gasteiger partial charge is 0.378 e. The zero-order valence-corrected chi connectivity index (χ0v) is 22.5. The lowest BCUT2D eigenvalue weighted by atomic mass is 10.0. The van der Waals surface area contributed by atoms with Gasteiger partial charge in [-0.25, -0.2) is 4.98 Å². The van der Waals surface area contributed by atoms with Gasteiger partial charge in [0.15, 0.2) is 5.65 Å². The third-order valence-electron chi connectivity index (χ3n) is 7.05. The molecule has 0 spiro atoms. The molecule has 0 aliphatic rings. The second kappa shape index (κ2) is 11.3. The minimum absolute atomic E-state index is 0.828. The summed E-state index contributed by atoms with van der Waals surface area (Å²) in [4.78, 5) is 7.16. The number of anilines is 1. The minimum Gasteiger partial charge on any atom is -0.378 e. The molecule has 0 saturated heterocycles. The van der Waals surface area contributed by atoms with Crippen LogP contribution in [0.5, 0.6) is 0 Å². The van der Waals surface area contributed by atoms with E-state index in [4.69, 9.17) is 4.98 Å². The van der Waals surface area contributed by atoms with Crippen molar-refractivity contribution in [2.45, 2.75) is 26.7 Å². The molecule has 0 aliphatic heterocycles. The summed E-state index contributed by atoms with van der Waals surface area (Å²) in [5.41, 5.74) is 10.1. The van der Waals surface area contributed by atoms with Crippen LogP contribution in [0.15, 0.2) is 103 Å². The van der Waals surface area contributed by atoms with Gasteiger partial charge in [0.25, 0.3) is 0 Å². The number of hydrogen-bond donors (Lipinski definition) is 1. The molecule has 192 valence electrons. The highest BCUT2D eigenvalue weighted by atomic mass is 15.3. The Labute approximate surface area is 225 Å². The van der Waals surface area contributed by atoms with Gasteiger partial charge in [0.05, 0.1) is 11.9 Å². The molecule has 0 aliphatic carbocycles. The van der Waals surface area contributed by atoms with Gasteiger partial charge in [-0.1, -0.05) is 85.4 Å². The van der Waals surface area contributed by atoms with E-state index in [-0.39, 0.29) is 0 Å². The zero-order valence-electron chi connectivity index (χ0n) is 22.5. The van der Waals surface area contributed by atoms with E-state index in [1.807, 2.05) is 16.8 Å². The van der Waals surface area contributed by atoms with Crippen LogP contribution in [0.25, 0.3) is 28.0 Å². The Morgan fingerprint density at radius 2 is 1.61 bits per heavy atom. The van der Waals surface area contributed by atoms with E-state index in [9.17, 15) is 0 Å². The average molecular weight is 502 g/mol. The van der Waals surface area contributed by atoms with Crippen molar-refractivity contribution in [1.29, 1.82) is 0 Å². The summed E-state index contributed by atoms with van der Waals surface area (Å²) >= 11 is 0. The van der Waals surface area contributed by atoms with Crippen molar-refractivity contribution in [3.8, 4) is 22.4 Å². The second-order valence-corrected chi connectivity index (χ2v) is 9.91. The van der Waals surface area contributed by atoms with Crippen molar-refractivity contribution in [3.63, 3.8) is 0 Å². The Bertz CT molecular complexity index is 1530. The quantitative estimate of drug-likeness (QED) is 0.206. The predicted octanol–water partition coefficient (Wildman–Crippen LogP) is 7.17. The van der Waals surface area contributed by atoms with E-state index in [0.29, 0.717) is 0 Å². The summed E-state index contributed by atoms with van der Waals surface area (Å²) in [7, 11) is 2.12. The molecule has 0 amide bonds. The van der Waals surface area contributed by atoms with Crippen LogP contribution in [0, 0.1) is 13.8 Å². The molecule has 0 bridgehead atoms. The second-order valence-electron chi connectivity index (χ2n) is 9.91. The van der Waals surface area contributed by atoms with E-state index in [1.165, 1.54) is 22.3 Å². The summed E-state index contributed by atoms with van der Waals surface area (Å²) in [6.07, 6.45) is 3.70. The first-order chi connectivity index (χ1) is 18.5. The molecule has 0 unspecified atom stereocenters. The van der Waals surface area contributed by atoms with Gasteiger partial charge in [0, 0.05) is 49.4 Å². The van der Waals surface area contributed by atoms with Gasteiger partial charge in [-0.05, 0) is 42.5 Å². The van der Waals surface area contributed by atoms with Crippen LogP contribution in [0.4, 0.5) is 5.82 Å². The Morgan fingerprint density at radius 1 is 0.895 bits per heavy atom. The molecule has 38 heavy (non-hydrogen) atoms. The summed E-state index contributed by atoms with van der Waals surface area (Å²) in [5, 5.41) is 8.16. The first kappa shape index (κ1) is 25.3.